The van der Waals surface area contributed by atoms with E-state index >= 15 is 0 Å². The second-order valence-electron chi connectivity index (χ2n) is 4.92. The number of furan rings is 1. The first-order chi connectivity index (χ1) is 12.6. The molecular formula is C15H14N4O5S2. The molecule has 0 aliphatic heterocycles. The Hall–Kier alpha value is -2.66. The number of ether oxygens (including phenoxy) is 1. The molecule has 0 fully saturated rings. The van der Waals surface area contributed by atoms with Crippen LogP contribution in [0.2, 0.25) is 0 Å². The average Bonchev–Trinajstić information content (AvgIpc) is 3.39. The summed E-state index contributed by atoms with van der Waals surface area (Å²) < 4.78 is 15.6. The van der Waals surface area contributed by atoms with Crippen molar-refractivity contribution in [1.82, 2.24) is 15.4 Å². The Morgan fingerprint density at radius 1 is 1.38 bits per heavy atom. The van der Waals surface area contributed by atoms with Crippen molar-refractivity contribution in [1.29, 1.82) is 0 Å². The average molecular weight is 394 g/mol. The van der Waals surface area contributed by atoms with E-state index in [2.05, 4.69) is 20.7 Å². The van der Waals surface area contributed by atoms with Gasteiger partial charge in [0, 0.05) is 6.07 Å². The quantitative estimate of drug-likeness (QED) is 0.366. The zero-order chi connectivity index (χ0) is 18.5. The number of carbonyl (C=O) groups excluding carboxylic acids is 2. The molecule has 1 N–H and O–H groups in total. The summed E-state index contributed by atoms with van der Waals surface area (Å²) in [6, 6.07) is 4.87. The number of amides is 1. The van der Waals surface area contributed by atoms with Crippen LogP contribution in [-0.2, 0) is 9.53 Å². The summed E-state index contributed by atoms with van der Waals surface area (Å²) in [5, 5.41) is 14.1. The smallest absolute Gasteiger partial charge is 0.319 e. The Bertz CT molecular complexity index is 890. The molecule has 3 aromatic heterocycles. The first kappa shape index (κ1) is 18.1. The fourth-order valence-electron chi connectivity index (χ4n) is 1.94. The predicted molar refractivity (Wildman–Crippen MR) is 94.0 cm³/mol. The maximum absolute atomic E-state index is 12.2. The van der Waals surface area contributed by atoms with Gasteiger partial charge in [0.15, 0.2) is 15.8 Å². The van der Waals surface area contributed by atoms with E-state index in [0.717, 1.165) is 11.3 Å². The van der Waals surface area contributed by atoms with Crippen molar-refractivity contribution in [2.45, 2.75) is 22.9 Å². The standard InChI is InChI=1S/C15H14N4O5S2/c1-3-11(13(21)22-2)25-15-18-17-14(26-15)16-12(20)8-7-10(24-19-8)9-5-4-6-23-9/h4-7,11H,3H2,1-2H3,(H,16,17,20)/t11-/m0/s1. The maximum atomic E-state index is 12.2. The highest BCUT2D eigenvalue weighted by Gasteiger charge is 2.22. The van der Waals surface area contributed by atoms with Crippen LogP contribution in [-0.4, -0.2) is 39.6 Å². The van der Waals surface area contributed by atoms with Gasteiger partial charge in [-0.25, -0.2) is 0 Å². The van der Waals surface area contributed by atoms with Crippen LogP contribution in [0.4, 0.5) is 5.13 Å². The first-order valence-corrected chi connectivity index (χ1v) is 9.20. The Kier molecular flexibility index (Phi) is 5.68. The van der Waals surface area contributed by atoms with Gasteiger partial charge in [-0.05, 0) is 18.6 Å². The number of nitrogens with one attached hydrogen (secondary N) is 1. The van der Waals surface area contributed by atoms with Gasteiger partial charge in [0.05, 0.1) is 13.4 Å². The molecule has 0 aliphatic rings. The number of aromatic nitrogens is 3. The minimum Gasteiger partial charge on any atom is -0.468 e. The minimum atomic E-state index is -0.487. The number of rotatable bonds is 7. The van der Waals surface area contributed by atoms with Gasteiger partial charge < -0.3 is 13.7 Å². The molecule has 0 bridgehead atoms. The molecule has 0 radical (unpaired) electrons. The normalized spacial score (nSPS) is 11.9. The van der Waals surface area contributed by atoms with Crippen molar-refractivity contribution >= 4 is 40.1 Å². The lowest BCUT2D eigenvalue weighted by Gasteiger charge is -2.08. The van der Waals surface area contributed by atoms with E-state index in [1.54, 1.807) is 12.1 Å². The summed E-state index contributed by atoms with van der Waals surface area (Å²) in [6.07, 6.45) is 2.09. The van der Waals surface area contributed by atoms with Crippen molar-refractivity contribution in [3.63, 3.8) is 0 Å². The summed E-state index contributed by atoms with van der Waals surface area (Å²) in [5.74, 6) is 0.00250. The van der Waals surface area contributed by atoms with E-state index in [9.17, 15) is 9.59 Å². The zero-order valence-corrected chi connectivity index (χ0v) is 15.4. The molecule has 1 amide bonds. The summed E-state index contributed by atoms with van der Waals surface area (Å²) in [6.45, 7) is 1.87. The number of thioether (sulfide) groups is 1. The lowest BCUT2D eigenvalue weighted by molar-refractivity contribution is -0.140. The molecule has 9 nitrogen and oxygen atoms in total. The maximum Gasteiger partial charge on any atom is 0.319 e. The van der Waals surface area contributed by atoms with Crippen LogP contribution in [0.25, 0.3) is 11.5 Å². The number of nitrogens with zero attached hydrogens (tertiary/aromatic N) is 3. The number of methoxy groups -OCH3 is 1. The van der Waals surface area contributed by atoms with Gasteiger partial charge in [0.25, 0.3) is 5.91 Å². The lowest BCUT2D eigenvalue weighted by atomic mass is 10.3. The van der Waals surface area contributed by atoms with Gasteiger partial charge in [-0.2, -0.15) is 0 Å². The van der Waals surface area contributed by atoms with E-state index in [4.69, 9.17) is 13.7 Å². The van der Waals surface area contributed by atoms with Gasteiger partial charge in [-0.1, -0.05) is 35.2 Å². The van der Waals surface area contributed by atoms with Crippen LogP contribution in [0.5, 0.6) is 0 Å². The molecule has 136 valence electrons. The van der Waals surface area contributed by atoms with Crippen LogP contribution < -0.4 is 5.32 Å². The lowest BCUT2D eigenvalue weighted by Crippen LogP contribution is -2.17. The molecule has 0 spiro atoms. The highest BCUT2D eigenvalue weighted by atomic mass is 32.2. The van der Waals surface area contributed by atoms with E-state index in [1.807, 2.05) is 6.92 Å². The van der Waals surface area contributed by atoms with Crippen LogP contribution in [0, 0.1) is 0 Å². The number of carbonyl (C=O) groups is 2. The largest absolute Gasteiger partial charge is 0.468 e. The van der Waals surface area contributed by atoms with Crippen LogP contribution >= 0.6 is 23.1 Å². The third kappa shape index (κ3) is 4.11. The molecule has 0 aromatic carbocycles. The second kappa shape index (κ2) is 8.15. The number of hydrogen-bond acceptors (Lipinski definition) is 10. The van der Waals surface area contributed by atoms with Crippen LogP contribution in [0.1, 0.15) is 23.8 Å². The fraction of sp³-hybridized carbons (Fsp3) is 0.267. The van der Waals surface area contributed by atoms with E-state index in [-0.39, 0.29) is 16.9 Å². The Morgan fingerprint density at radius 2 is 2.23 bits per heavy atom. The molecule has 3 heterocycles. The third-order valence-electron chi connectivity index (χ3n) is 3.21. The highest BCUT2D eigenvalue weighted by molar-refractivity contribution is 8.02. The molecule has 0 saturated heterocycles. The molecule has 3 aromatic rings. The molecule has 0 aliphatic carbocycles. The van der Waals surface area contributed by atoms with Crippen molar-refractivity contribution in [2.24, 2.45) is 0 Å². The molecule has 1 atom stereocenters. The van der Waals surface area contributed by atoms with Crippen LogP contribution in [0.3, 0.4) is 0 Å². The van der Waals surface area contributed by atoms with Gasteiger partial charge in [0.1, 0.15) is 5.25 Å². The topological polar surface area (TPSA) is 120 Å². The van der Waals surface area contributed by atoms with Crippen molar-refractivity contribution in [3.8, 4) is 11.5 Å². The molecule has 0 unspecified atom stereocenters. The number of esters is 1. The Morgan fingerprint density at radius 3 is 2.92 bits per heavy atom. The van der Waals surface area contributed by atoms with Gasteiger partial charge in [-0.3, -0.25) is 14.9 Å². The van der Waals surface area contributed by atoms with E-state index in [0.29, 0.717) is 27.4 Å². The molecule has 11 heteroatoms. The van der Waals surface area contributed by atoms with Gasteiger partial charge >= 0.3 is 5.97 Å². The first-order valence-electron chi connectivity index (χ1n) is 7.50. The zero-order valence-electron chi connectivity index (χ0n) is 13.8. The predicted octanol–water partition coefficient (Wildman–Crippen LogP) is 3.08. The van der Waals surface area contributed by atoms with Crippen LogP contribution in [0.15, 0.2) is 37.7 Å². The molecule has 26 heavy (non-hydrogen) atoms. The summed E-state index contributed by atoms with van der Waals surface area (Å²) in [4.78, 5) is 23.9. The molecular weight excluding hydrogens is 380 g/mol. The molecule has 3 rings (SSSR count). The minimum absolute atomic E-state index is 0.0850. The monoisotopic (exact) mass is 394 g/mol. The highest BCUT2D eigenvalue weighted by Crippen LogP contribution is 2.31. The van der Waals surface area contributed by atoms with Gasteiger partial charge in [0.2, 0.25) is 10.9 Å². The van der Waals surface area contributed by atoms with Crippen molar-refractivity contribution < 1.29 is 23.3 Å². The Labute approximate surface area is 156 Å². The summed E-state index contributed by atoms with van der Waals surface area (Å²) in [5.41, 5.74) is 0.0850. The number of hydrogen-bond donors (Lipinski definition) is 1. The second-order valence-corrected chi connectivity index (χ2v) is 7.35. The fourth-order valence-corrected chi connectivity index (χ4v) is 3.88. The van der Waals surface area contributed by atoms with E-state index in [1.165, 1.54) is 31.2 Å². The molecule has 0 saturated carbocycles. The SMILES string of the molecule is CC[C@H](Sc1nnc(NC(=O)c2cc(-c3ccco3)on2)s1)C(=O)OC. The van der Waals surface area contributed by atoms with E-state index < -0.39 is 5.91 Å². The third-order valence-corrected chi connectivity index (χ3v) is 5.48. The summed E-state index contributed by atoms with van der Waals surface area (Å²) in [7, 11) is 1.34. The van der Waals surface area contributed by atoms with Crippen molar-refractivity contribution in [2.75, 3.05) is 12.4 Å². The summed E-state index contributed by atoms with van der Waals surface area (Å²) >= 11 is 2.40. The Balaban J connectivity index is 1.63. The van der Waals surface area contributed by atoms with Gasteiger partial charge in [-0.15, -0.1) is 10.2 Å². The van der Waals surface area contributed by atoms with Crippen molar-refractivity contribution in [3.05, 3.63) is 30.2 Å². The number of anilines is 1.